The molecule has 0 saturated heterocycles. The molecule has 0 spiro atoms. The molecule has 25 heavy (non-hydrogen) atoms. The lowest BCUT2D eigenvalue weighted by atomic mass is 10.1. The van der Waals surface area contributed by atoms with Crippen molar-refractivity contribution in [3.63, 3.8) is 0 Å². The van der Waals surface area contributed by atoms with Crippen LogP contribution in [0.25, 0.3) is 11.3 Å². The zero-order chi connectivity index (χ0) is 17.8. The lowest BCUT2D eigenvalue weighted by Crippen LogP contribution is -2.21. The fraction of sp³-hybridized carbons (Fsp3) is 0.176. The molecule has 1 N–H and O–H groups in total. The van der Waals surface area contributed by atoms with E-state index in [1.165, 1.54) is 11.3 Å². The number of nitrogens with zero attached hydrogens (tertiary/aromatic N) is 2. The van der Waals surface area contributed by atoms with Crippen LogP contribution in [0.15, 0.2) is 40.2 Å². The van der Waals surface area contributed by atoms with Crippen molar-refractivity contribution in [3.8, 4) is 11.3 Å². The van der Waals surface area contributed by atoms with Gasteiger partial charge in [0, 0.05) is 10.9 Å². The number of ether oxygens (including phenoxy) is 1. The van der Waals surface area contributed by atoms with Crippen molar-refractivity contribution in [3.05, 3.63) is 52.7 Å². The van der Waals surface area contributed by atoms with Crippen molar-refractivity contribution in [1.29, 1.82) is 0 Å². The van der Waals surface area contributed by atoms with Gasteiger partial charge >= 0.3 is 5.97 Å². The second kappa shape index (κ2) is 7.27. The van der Waals surface area contributed by atoms with Gasteiger partial charge < -0.3 is 9.26 Å². The third kappa shape index (κ3) is 3.92. The smallest absolute Gasteiger partial charge is 0.344 e. The number of aromatic nitrogens is 2. The molecule has 1 aromatic carbocycles. The van der Waals surface area contributed by atoms with E-state index in [0.29, 0.717) is 16.6 Å². The number of anilines is 1. The molecule has 0 fully saturated rings. The highest BCUT2D eigenvalue weighted by Gasteiger charge is 2.23. The van der Waals surface area contributed by atoms with E-state index >= 15 is 0 Å². The van der Waals surface area contributed by atoms with Crippen LogP contribution in [0.3, 0.4) is 0 Å². The zero-order valence-corrected chi connectivity index (χ0v) is 14.4. The maximum atomic E-state index is 12.4. The molecule has 0 aliphatic rings. The first-order chi connectivity index (χ1) is 12.0. The number of thiazole rings is 1. The number of nitrogens with one attached hydrogen (secondary N) is 1. The molecule has 7 nitrogen and oxygen atoms in total. The van der Waals surface area contributed by atoms with Gasteiger partial charge in [0.15, 0.2) is 11.7 Å². The fourth-order valence-corrected chi connectivity index (χ4v) is 2.88. The normalized spacial score (nSPS) is 10.5. The molecule has 3 aromatic rings. The Bertz CT molecular complexity index is 902. The van der Waals surface area contributed by atoms with Crippen LogP contribution in [-0.4, -0.2) is 28.6 Å². The average molecular weight is 357 g/mol. The molecule has 0 unspecified atom stereocenters. The number of aryl methyl sites for hydroxylation is 2. The second-order valence-electron chi connectivity index (χ2n) is 5.25. The number of rotatable bonds is 5. The lowest BCUT2D eigenvalue weighted by molar-refractivity contribution is -0.119. The Labute approximate surface area is 147 Å². The van der Waals surface area contributed by atoms with Gasteiger partial charge in [-0.15, -0.1) is 11.3 Å². The van der Waals surface area contributed by atoms with Gasteiger partial charge in [-0.1, -0.05) is 35.5 Å². The number of hydrogen-bond donors (Lipinski definition) is 1. The number of hydrogen-bond acceptors (Lipinski definition) is 7. The van der Waals surface area contributed by atoms with Crippen LogP contribution in [0.5, 0.6) is 0 Å². The Morgan fingerprint density at radius 1 is 1.24 bits per heavy atom. The zero-order valence-electron chi connectivity index (χ0n) is 13.6. The SMILES string of the molecule is Cc1csc(NC(=O)COC(=O)c2c(-c3ccccc3)noc2C)n1. The van der Waals surface area contributed by atoms with Crippen LogP contribution in [0.1, 0.15) is 21.8 Å². The average Bonchev–Trinajstić information content (AvgIpc) is 3.19. The molecule has 0 saturated carbocycles. The van der Waals surface area contributed by atoms with Crippen LogP contribution < -0.4 is 5.32 Å². The Morgan fingerprint density at radius 2 is 2.00 bits per heavy atom. The molecule has 2 heterocycles. The van der Waals surface area contributed by atoms with E-state index in [-0.39, 0.29) is 5.56 Å². The number of carbonyl (C=O) groups excluding carboxylic acids is 2. The highest BCUT2D eigenvalue weighted by molar-refractivity contribution is 7.13. The summed E-state index contributed by atoms with van der Waals surface area (Å²) in [6.07, 6.45) is 0. The summed E-state index contributed by atoms with van der Waals surface area (Å²) in [6, 6.07) is 9.14. The Hall–Kier alpha value is -3.00. The first-order valence-corrected chi connectivity index (χ1v) is 8.33. The van der Waals surface area contributed by atoms with E-state index in [4.69, 9.17) is 9.26 Å². The minimum atomic E-state index is -0.664. The summed E-state index contributed by atoms with van der Waals surface area (Å²) < 4.78 is 10.2. The predicted octanol–water partition coefficient (Wildman–Crippen LogP) is 3.21. The summed E-state index contributed by atoms with van der Waals surface area (Å²) in [6.45, 7) is 3.02. The highest BCUT2D eigenvalue weighted by Crippen LogP contribution is 2.25. The van der Waals surface area contributed by atoms with Crippen LogP contribution in [-0.2, 0) is 9.53 Å². The summed E-state index contributed by atoms with van der Waals surface area (Å²) in [5.74, 6) is -0.791. The minimum Gasteiger partial charge on any atom is -0.452 e. The van der Waals surface area contributed by atoms with Crippen LogP contribution >= 0.6 is 11.3 Å². The third-order valence-corrected chi connectivity index (χ3v) is 4.19. The monoisotopic (exact) mass is 357 g/mol. The molecule has 1 amide bonds. The van der Waals surface area contributed by atoms with Crippen molar-refractivity contribution in [2.45, 2.75) is 13.8 Å². The molecule has 0 bridgehead atoms. The number of esters is 1. The maximum absolute atomic E-state index is 12.4. The molecular weight excluding hydrogens is 342 g/mol. The molecule has 3 rings (SSSR count). The largest absolute Gasteiger partial charge is 0.452 e. The van der Waals surface area contributed by atoms with Crippen molar-refractivity contribution in [2.24, 2.45) is 0 Å². The van der Waals surface area contributed by atoms with Crippen molar-refractivity contribution in [1.82, 2.24) is 10.1 Å². The lowest BCUT2D eigenvalue weighted by Gasteiger charge is -2.05. The predicted molar refractivity (Wildman–Crippen MR) is 92.4 cm³/mol. The van der Waals surface area contributed by atoms with Gasteiger partial charge in [-0.05, 0) is 13.8 Å². The highest BCUT2D eigenvalue weighted by atomic mass is 32.1. The van der Waals surface area contributed by atoms with Crippen LogP contribution in [0.2, 0.25) is 0 Å². The fourth-order valence-electron chi connectivity index (χ4n) is 2.18. The number of benzene rings is 1. The van der Waals surface area contributed by atoms with E-state index < -0.39 is 18.5 Å². The summed E-state index contributed by atoms with van der Waals surface area (Å²) in [7, 11) is 0. The van der Waals surface area contributed by atoms with E-state index in [1.807, 2.05) is 42.6 Å². The summed E-state index contributed by atoms with van der Waals surface area (Å²) >= 11 is 1.30. The van der Waals surface area contributed by atoms with E-state index in [0.717, 1.165) is 11.3 Å². The molecular formula is C17H15N3O4S. The van der Waals surface area contributed by atoms with Crippen LogP contribution in [0, 0.1) is 13.8 Å². The third-order valence-electron chi connectivity index (χ3n) is 3.31. The molecule has 0 radical (unpaired) electrons. The number of carbonyl (C=O) groups is 2. The maximum Gasteiger partial charge on any atom is 0.344 e. The summed E-state index contributed by atoms with van der Waals surface area (Å²) in [5, 5.41) is 8.77. The molecule has 2 aromatic heterocycles. The minimum absolute atomic E-state index is 0.212. The van der Waals surface area contributed by atoms with Crippen molar-refractivity contribution < 1.29 is 18.8 Å². The number of amides is 1. The first-order valence-electron chi connectivity index (χ1n) is 7.45. The van der Waals surface area contributed by atoms with E-state index in [2.05, 4.69) is 15.5 Å². The summed E-state index contributed by atoms with van der Waals surface area (Å²) in [5.41, 5.74) is 2.14. The Balaban J connectivity index is 1.68. The Morgan fingerprint density at radius 3 is 2.68 bits per heavy atom. The Kier molecular flexibility index (Phi) is 4.90. The van der Waals surface area contributed by atoms with Gasteiger partial charge in [0.25, 0.3) is 5.91 Å². The molecule has 8 heteroatoms. The van der Waals surface area contributed by atoms with Gasteiger partial charge in [0.1, 0.15) is 17.0 Å². The van der Waals surface area contributed by atoms with Gasteiger partial charge in [0.2, 0.25) is 0 Å². The molecule has 0 atom stereocenters. The standard InChI is InChI=1S/C17H15N3O4S/c1-10-9-25-17(18-10)19-13(21)8-23-16(22)14-11(2)24-20-15(14)12-6-4-3-5-7-12/h3-7,9H,8H2,1-2H3,(H,18,19,21). The molecule has 0 aliphatic heterocycles. The molecule has 0 aliphatic carbocycles. The van der Waals surface area contributed by atoms with E-state index in [1.54, 1.807) is 6.92 Å². The van der Waals surface area contributed by atoms with Crippen LogP contribution in [0.4, 0.5) is 5.13 Å². The quantitative estimate of drug-likeness (QED) is 0.705. The van der Waals surface area contributed by atoms with Gasteiger partial charge in [-0.3, -0.25) is 10.1 Å². The summed E-state index contributed by atoms with van der Waals surface area (Å²) in [4.78, 5) is 28.4. The van der Waals surface area contributed by atoms with Gasteiger partial charge in [-0.25, -0.2) is 9.78 Å². The first kappa shape index (κ1) is 16.8. The van der Waals surface area contributed by atoms with Crippen molar-refractivity contribution in [2.75, 3.05) is 11.9 Å². The second-order valence-corrected chi connectivity index (χ2v) is 6.10. The van der Waals surface area contributed by atoms with Gasteiger partial charge in [0.05, 0.1) is 5.69 Å². The molecule has 128 valence electrons. The van der Waals surface area contributed by atoms with Crippen molar-refractivity contribution >= 4 is 28.3 Å². The van der Waals surface area contributed by atoms with Gasteiger partial charge in [-0.2, -0.15) is 0 Å². The van der Waals surface area contributed by atoms with E-state index in [9.17, 15) is 9.59 Å². The topological polar surface area (TPSA) is 94.3 Å².